The normalized spacial score (nSPS) is 34.0. The van der Waals surface area contributed by atoms with Gasteiger partial charge in [0.25, 0.3) is 0 Å². The summed E-state index contributed by atoms with van der Waals surface area (Å²) in [5.41, 5.74) is 0.107. The van der Waals surface area contributed by atoms with Crippen molar-refractivity contribution in [2.75, 3.05) is 13.7 Å². The van der Waals surface area contributed by atoms with Gasteiger partial charge in [-0.3, -0.25) is 0 Å². The molecule has 0 heterocycles. The second kappa shape index (κ2) is 5.86. The maximum absolute atomic E-state index is 6.12. The highest BCUT2D eigenvalue weighted by atomic mass is 16.5. The van der Waals surface area contributed by atoms with Gasteiger partial charge < -0.3 is 10.1 Å². The van der Waals surface area contributed by atoms with E-state index in [0.29, 0.717) is 6.04 Å². The van der Waals surface area contributed by atoms with E-state index in [-0.39, 0.29) is 5.60 Å². The number of likely N-dealkylation sites (N-methyl/N-ethyl adjacent to an activating group) is 1. The Morgan fingerprint density at radius 2 is 2.20 bits per heavy atom. The van der Waals surface area contributed by atoms with Crippen molar-refractivity contribution >= 4 is 0 Å². The minimum absolute atomic E-state index is 0.107. The van der Waals surface area contributed by atoms with Crippen LogP contribution in [0.5, 0.6) is 0 Å². The van der Waals surface area contributed by atoms with E-state index in [1.54, 1.807) is 0 Å². The minimum Gasteiger partial charge on any atom is -0.374 e. The van der Waals surface area contributed by atoms with E-state index in [0.717, 1.165) is 18.9 Å². The highest BCUT2D eigenvalue weighted by Gasteiger charge is 2.41. The van der Waals surface area contributed by atoms with E-state index in [1.807, 2.05) is 0 Å². The molecule has 3 unspecified atom stereocenters. The smallest absolute Gasteiger partial charge is 0.0836 e. The molecule has 0 bridgehead atoms. The molecule has 1 aliphatic rings. The van der Waals surface area contributed by atoms with Crippen LogP contribution >= 0.6 is 0 Å². The van der Waals surface area contributed by atoms with Gasteiger partial charge in [-0.2, -0.15) is 0 Å². The summed E-state index contributed by atoms with van der Waals surface area (Å²) in [7, 11) is 2.06. The van der Waals surface area contributed by atoms with Crippen molar-refractivity contribution in [2.45, 2.75) is 64.5 Å². The molecule has 0 aromatic rings. The third-order valence-corrected chi connectivity index (χ3v) is 3.81. The maximum atomic E-state index is 6.12. The third kappa shape index (κ3) is 2.94. The number of ether oxygens (including phenoxy) is 1. The molecule has 2 nitrogen and oxygen atoms in total. The molecule has 3 atom stereocenters. The van der Waals surface area contributed by atoms with Crippen molar-refractivity contribution < 1.29 is 4.74 Å². The molecular weight excluding hydrogens is 186 g/mol. The second-order valence-electron chi connectivity index (χ2n) is 4.95. The predicted molar refractivity (Wildman–Crippen MR) is 65.1 cm³/mol. The minimum atomic E-state index is 0.107. The van der Waals surface area contributed by atoms with Gasteiger partial charge in [0.05, 0.1) is 5.60 Å². The molecular formula is C13H27NO. The molecule has 0 radical (unpaired) electrons. The first-order chi connectivity index (χ1) is 7.18. The second-order valence-corrected chi connectivity index (χ2v) is 4.95. The first kappa shape index (κ1) is 13.0. The molecule has 0 aliphatic heterocycles. The van der Waals surface area contributed by atoms with Crippen LogP contribution in [0.25, 0.3) is 0 Å². The van der Waals surface area contributed by atoms with Crippen molar-refractivity contribution in [2.24, 2.45) is 5.92 Å². The maximum Gasteiger partial charge on any atom is 0.0836 e. The molecule has 0 aromatic heterocycles. The van der Waals surface area contributed by atoms with Crippen LogP contribution in [0.4, 0.5) is 0 Å². The highest BCUT2D eigenvalue weighted by Crippen LogP contribution is 2.38. The van der Waals surface area contributed by atoms with Gasteiger partial charge in [-0.15, -0.1) is 0 Å². The lowest BCUT2D eigenvalue weighted by atomic mass is 9.74. The van der Waals surface area contributed by atoms with Crippen LogP contribution in [0.15, 0.2) is 0 Å². The number of hydrogen-bond acceptors (Lipinski definition) is 2. The van der Waals surface area contributed by atoms with Crippen molar-refractivity contribution in [3.63, 3.8) is 0 Å². The Morgan fingerprint density at radius 1 is 1.47 bits per heavy atom. The van der Waals surface area contributed by atoms with E-state index in [2.05, 4.69) is 33.1 Å². The molecule has 15 heavy (non-hydrogen) atoms. The summed E-state index contributed by atoms with van der Waals surface area (Å²) in [5, 5.41) is 3.44. The molecule has 1 rings (SSSR count). The fourth-order valence-electron chi connectivity index (χ4n) is 3.22. The first-order valence-electron chi connectivity index (χ1n) is 6.49. The number of rotatable bonds is 5. The summed E-state index contributed by atoms with van der Waals surface area (Å²) >= 11 is 0. The van der Waals surface area contributed by atoms with E-state index in [4.69, 9.17) is 4.74 Å². The summed E-state index contributed by atoms with van der Waals surface area (Å²) in [6.45, 7) is 7.56. The van der Waals surface area contributed by atoms with Crippen molar-refractivity contribution in [3.05, 3.63) is 0 Å². The SMILES string of the molecule is CCOC1(C(CC)NC)CCCC(C)C1. The summed E-state index contributed by atoms with van der Waals surface area (Å²) in [6, 6.07) is 0.514. The monoisotopic (exact) mass is 213 g/mol. The van der Waals surface area contributed by atoms with Gasteiger partial charge in [0.15, 0.2) is 0 Å². The van der Waals surface area contributed by atoms with E-state index in [1.165, 1.54) is 25.7 Å². The lowest BCUT2D eigenvalue weighted by Gasteiger charge is -2.45. The van der Waals surface area contributed by atoms with E-state index < -0.39 is 0 Å². The fraction of sp³-hybridized carbons (Fsp3) is 1.00. The van der Waals surface area contributed by atoms with Crippen LogP contribution < -0.4 is 5.32 Å². The van der Waals surface area contributed by atoms with Crippen LogP contribution in [0.3, 0.4) is 0 Å². The Morgan fingerprint density at radius 3 is 2.67 bits per heavy atom. The van der Waals surface area contributed by atoms with Crippen LogP contribution in [0, 0.1) is 5.92 Å². The molecule has 2 heteroatoms. The molecule has 90 valence electrons. The average molecular weight is 213 g/mol. The Kier molecular flexibility index (Phi) is 5.07. The number of nitrogens with one attached hydrogen (secondary N) is 1. The molecule has 0 saturated heterocycles. The number of hydrogen-bond donors (Lipinski definition) is 1. The molecule has 1 aliphatic carbocycles. The quantitative estimate of drug-likeness (QED) is 0.758. The lowest BCUT2D eigenvalue weighted by molar-refractivity contribution is -0.0995. The van der Waals surface area contributed by atoms with E-state index in [9.17, 15) is 0 Å². The van der Waals surface area contributed by atoms with Crippen LogP contribution in [0.1, 0.15) is 52.9 Å². The summed E-state index contributed by atoms with van der Waals surface area (Å²) in [5.74, 6) is 0.813. The van der Waals surface area contributed by atoms with E-state index >= 15 is 0 Å². The fourth-order valence-corrected chi connectivity index (χ4v) is 3.22. The zero-order valence-electron chi connectivity index (χ0n) is 10.8. The Balaban J connectivity index is 2.75. The molecule has 1 N–H and O–H groups in total. The lowest BCUT2D eigenvalue weighted by Crippen LogP contribution is -2.53. The molecule has 0 spiro atoms. The first-order valence-corrected chi connectivity index (χ1v) is 6.49. The third-order valence-electron chi connectivity index (χ3n) is 3.81. The summed E-state index contributed by atoms with van der Waals surface area (Å²) < 4.78 is 6.12. The van der Waals surface area contributed by atoms with Gasteiger partial charge in [-0.25, -0.2) is 0 Å². The largest absolute Gasteiger partial charge is 0.374 e. The standard InChI is InChI=1S/C13H27NO/c1-5-12(14-4)13(15-6-2)9-7-8-11(3)10-13/h11-12,14H,5-10H2,1-4H3. The highest BCUT2D eigenvalue weighted by molar-refractivity contribution is 4.96. The van der Waals surface area contributed by atoms with Gasteiger partial charge in [0, 0.05) is 12.6 Å². The van der Waals surface area contributed by atoms with Gasteiger partial charge in [0.2, 0.25) is 0 Å². The summed E-state index contributed by atoms with van der Waals surface area (Å²) in [6.07, 6.45) is 6.29. The van der Waals surface area contributed by atoms with Crippen molar-refractivity contribution in [1.82, 2.24) is 5.32 Å². The molecule has 0 aromatic carbocycles. The van der Waals surface area contributed by atoms with Crippen LogP contribution in [0.2, 0.25) is 0 Å². The summed E-state index contributed by atoms with van der Waals surface area (Å²) in [4.78, 5) is 0. The molecule has 0 amide bonds. The van der Waals surface area contributed by atoms with Crippen LogP contribution in [-0.2, 0) is 4.74 Å². The Hall–Kier alpha value is -0.0800. The Labute approximate surface area is 94.8 Å². The van der Waals surface area contributed by atoms with Gasteiger partial charge in [-0.1, -0.05) is 26.7 Å². The topological polar surface area (TPSA) is 21.3 Å². The Bertz CT molecular complexity index is 175. The zero-order valence-corrected chi connectivity index (χ0v) is 10.8. The van der Waals surface area contributed by atoms with Crippen molar-refractivity contribution in [3.8, 4) is 0 Å². The molecule has 1 saturated carbocycles. The van der Waals surface area contributed by atoms with Gasteiger partial charge in [-0.05, 0) is 39.2 Å². The zero-order chi connectivity index (χ0) is 11.3. The molecule has 1 fully saturated rings. The van der Waals surface area contributed by atoms with Crippen molar-refractivity contribution in [1.29, 1.82) is 0 Å². The predicted octanol–water partition coefficient (Wildman–Crippen LogP) is 2.97. The van der Waals surface area contributed by atoms with Crippen LogP contribution in [-0.4, -0.2) is 25.3 Å². The van der Waals surface area contributed by atoms with Gasteiger partial charge >= 0.3 is 0 Å². The average Bonchev–Trinajstić information content (AvgIpc) is 2.19. The van der Waals surface area contributed by atoms with Gasteiger partial charge in [0.1, 0.15) is 0 Å².